The molecular weight excluding hydrogens is 223 g/mol. The largest absolute Gasteiger partial charge is 0.375 e. The maximum atomic E-state index is 12.7. The Kier molecular flexibility index (Phi) is 5.59. The third-order valence-electron chi connectivity index (χ3n) is 2.38. The zero-order valence-corrected chi connectivity index (χ0v) is 9.78. The molecule has 4 nitrogen and oxygen atoms in total. The van der Waals surface area contributed by atoms with Crippen molar-refractivity contribution in [3.05, 3.63) is 35.6 Å². The normalized spacial score (nSPS) is 12.2. The molecule has 0 fully saturated rings. The van der Waals surface area contributed by atoms with Crippen molar-refractivity contribution in [2.24, 2.45) is 5.73 Å². The van der Waals surface area contributed by atoms with Gasteiger partial charge in [-0.1, -0.05) is 12.1 Å². The lowest BCUT2D eigenvalue weighted by atomic mass is 10.1. The van der Waals surface area contributed by atoms with Crippen LogP contribution in [0.15, 0.2) is 24.3 Å². The summed E-state index contributed by atoms with van der Waals surface area (Å²) < 4.78 is 18.0. The van der Waals surface area contributed by atoms with Crippen LogP contribution in [0.4, 0.5) is 4.39 Å². The molecule has 0 spiro atoms. The summed E-state index contributed by atoms with van der Waals surface area (Å²) >= 11 is 0. The van der Waals surface area contributed by atoms with Gasteiger partial charge < -0.3 is 15.8 Å². The van der Waals surface area contributed by atoms with Crippen LogP contribution in [0.3, 0.4) is 0 Å². The fourth-order valence-electron chi connectivity index (χ4n) is 1.44. The van der Waals surface area contributed by atoms with Gasteiger partial charge in [-0.2, -0.15) is 0 Å². The average Bonchev–Trinajstić information content (AvgIpc) is 2.32. The lowest BCUT2D eigenvalue weighted by Crippen LogP contribution is -2.30. The molecule has 0 aliphatic heterocycles. The van der Waals surface area contributed by atoms with Gasteiger partial charge in [-0.25, -0.2) is 4.39 Å². The fourth-order valence-corrected chi connectivity index (χ4v) is 1.44. The molecule has 1 aromatic rings. The molecule has 94 valence electrons. The molecule has 0 aromatic heterocycles. The van der Waals surface area contributed by atoms with Gasteiger partial charge in [0.15, 0.2) is 0 Å². The number of halogens is 1. The number of hydrogen-bond donors (Lipinski definition) is 2. The fraction of sp³-hybridized carbons (Fsp3) is 0.417. The van der Waals surface area contributed by atoms with Gasteiger partial charge in [0.1, 0.15) is 5.82 Å². The topological polar surface area (TPSA) is 64.3 Å². The highest BCUT2D eigenvalue weighted by Gasteiger charge is 2.11. The summed E-state index contributed by atoms with van der Waals surface area (Å²) in [6, 6.07) is 6.00. The van der Waals surface area contributed by atoms with E-state index in [1.54, 1.807) is 19.2 Å². The van der Waals surface area contributed by atoms with E-state index in [0.717, 1.165) is 5.56 Å². The number of carbonyl (C=O) groups excluding carboxylic acids is 1. The number of ether oxygens (including phenoxy) is 1. The summed E-state index contributed by atoms with van der Waals surface area (Å²) in [5.74, 6) is -0.410. The molecule has 0 aliphatic carbocycles. The van der Waals surface area contributed by atoms with E-state index >= 15 is 0 Å². The van der Waals surface area contributed by atoms with Crippen molar-refractivity contribution < 1.29 is 13.9 Å². The van der Waals surface area contributed by atoms with Crippen LogP contribution >= 0.6 is 0 Å². The number of nitrogens with one attached hydrogen (secondary N) is 1. The molecule has 1 unspecified atom stereocenters. The predicted octanol–water partition coefficient (Wildman–Crippen LogP) is 0.978. The highest BCUT2D eigenvalue weighted by Crippen LogP contribution is 2.15. The molecular formula is C12H17FN2O2. The standard InChI is InChI=1S/C12H17FN2O2/c1-17-11(8-15-12(16)6-7-14)9-2-4-10(13)5-3-9/h2-5,11H,6-8,14H2,1H3,(H,15,16). The quantitative estimate of drug-likeness (QED) is 0.779. The van der Waals surface area contributed by atoms with Gasteiger partial charge in [-0.3, -0.25) is 4.79 Å². The molecule has 5 heteroatoms. The second kappa shape index (κ2) is 6.98. The zero-order chi connectivity index (χ0) is 12.7. The minimum absolute atomic E-state index is 0.114. The molecule has 0 heterocycles. The van der Waals surface area contributed by atoms with Gasteiger partial charge in [0.25, 0.3) is 0 Å². The molecule has 0 radical (unpaired) electrons. The summed E-state index contributed by atoms with van der Waals surface area (Å²) in [6.45, 7) is 0.668. The molecule has 0 bridgehead atoms. The third-order valence-corrected chi connectivity index (χ3v) is 2.38. The van der Waals surface area contributed by atoms with Gasteiger partial charge >= 0.3 is 0 Å². The summed E-state index contributed by atoms with van der Waals surface area (Å²) in [5, 5.41) is 2.71. The maximum absolute atomic E-state index is 12.7. The highest BCUT2D eigenvalue weighted by atomic mass is 19.1. The van der Waals surface area contributed by atoms with Crippen LogP contribution in [0.2, 0.25) is 0 Å². The molecule has 17 heavy (non-hydrogen) atoms. The summed E-state index contributed by atoms with van der Waals surface area (Å²) in [6.07, 6.45) is 0.0113. The lowest BCUT2D eigenvalue weighted by molar-refractivity contribution is -0.121. The van der Waals surface area contributed by atoms with Crippen molar-refractivity contribution in [3.63, 3.8) is 0 Å². The Bertz CT molecular complexity index is 354. The van der Waals surface area contributed by atoms with Crippen LogP contribution in [-0.2, 0) is 9.53 Å². The molecule has 0 saturated carbocycles. The second-order valence-corrected chi connectivity index (χ2v) is 3.62. The van der Waals surface area contributed by atoms with E-state index in [1.807, 2.05) is 0 Å². The number of carbonyl (C=O) groups is 1. The van der Waals surface area contributed by atoms with Crippen molar-refractivity contribution >= 4 is 5.91 Å². The maximum Gasteiger partial charge on any atom is 0.221 e. The Balaban J connectivity index is 2.54. The summed E-state index contributed by atoms with van der Waals surface area (Å²) in [5.41, 5.74) is 6.08. The minimum atomic E-state index is -0.296. The van der Waals surface area contributed by atoms with E-state index in [0.29, 0.717) is 19.5 Å². The second-order valence-electron chi connectivity index (χ2n) is 3.62. The van der Waals surface area contributed by atoms with Crippen molar-refractivity contribution in [2.45, 2.75) is 12.5 Å². The van der Waals surface area contributed by atoms with Gasteiger partial charge in [0.2, 0.25) is 5.91 Å². The minimum Gasteiger partial charge on any atom is -0.375 e. The number of hydrogen-bond acceptors (Lipinski definition) is 3. The van der Waals surface area contributed by atoms with E-state index in [4.69, 9.17) is 10.5 Å². The van der Waals surface area contributed by atoms with Gasteiger partial charge in [0.05, 0.1) is 6.10 Å². The van der Waals surface area contributed by atoms with Crippen molar-refractivity contribution in [1.29, 1.82) is 0 Å². The number of methoxy groups -OCH3 is 1. The van der Waals surface area contributed by atoms with E-state index in [9.17, 15) is 9.18 Å². The first-order valence-electron chi connectivity index (χ1n) is 5.42. The first kappa shape index (κ1) is 13.6. The average molecular weight is 240 g/mol. The Morgan fingerprint density at radius 2 is 2.12 bits per heavy atom. The molecule has 3 N–H and O–H groups in total. The third kappa shape index (κ3) is 4.50. The first-order chi connectivity index (χ1) is 8.17. The number of benzene rings is 1. The SMILES string of the molecule is COC(CNC(=O)CCN)c1ccc(F)cc1. The molecule has 1 aromatic carbocycles. The van der Waals surface area contributed by atoms with Crippen LogP contribution in [-0.4, -0.2) is 26.1 Å². The monoisotopic (exact) mass is 240 g/mol. The Morgan fingerprint density at radius 3 is 2.65 bits per heavy atom. The summed E-state index contributed by atoms with van der Waals surface area (Å²) in [7, 11) is 1.54. The van der Waals surface area contributed by atoms with E-state index < -0.39 is 0 Å². The Morgan fingerprint density at radius 1 is 1.47 bits per heavy atom. The van der Waals surface area contributed by atoms with Crippen LogP contribution in [0.25, 0.3) is 0 Å². The Labute approximate surface area is 100.0 Å². The first-order valence-corrected chi connectivity index (χ1v) is 5.42. The van der Waals surface area contributed by atoms with Gasteiger partial charge in [-0.05, 0) is 17.7 Å². The number of nitrogens with two attached hydrogens (primary N) is 1. The smallest absolute Gasteiger partial charge is 0.221 e. The number of rotatable bonds is 6. The lowest BCUT2D eigenvalue weighted by Gasteiger charge is -2.16. The van der Waals surface area contributed by atoms with Crippen LogP contribution < -0.4 is 11.1 Å². The molecule has 1 amide bonds. The summed E-state index contributed by atoms with van der Waals surface area (Å²) in [4.78, 5) is 11.2. The van der Waals surface area contributed by atoms with Crippen molar-refractivity contribution in [2.75, 3.05) is 20.2 Å². The van der Waals surface area contributed by atoms with E-state index in [-0.39, 0.29) is 17.8 Å². The highest BCUT2D eigenvalue weighted by molar-refractivity contribution is 5.76. The van der Waals surface area contributed by atoms with Gasteiger partial charge in [-0.15, -0.1) is 0 Å². The molecule has 1 rings (SSSR count). The van der Waals surface area contributed by atoms with Gasteiger partial charge in [0, 0.05) is 26.6 Å². The molecule has 0 aliphatic rings. The van der Waals surface area contributed by atoms with Crippen LogP contribution in [0, 0.1) is 5.82 Å². The van der Waals surface area contributed by atoms with Crippen molar-refractivity contribution in [1.82, 2.24) is 5.32 Å². The molecule has 1 atom stereocenters. The zero-order valence-electron chi connectivity index (χ0n) is 9.78. The van der Waals surface area contributed by atoms with Crippen molar-refractivity contribution in [3.8, 4) is 0 Å². The van der Waals surface area contributed by atoms with E-state index in [2.05, 4.69) is 5.32 Å². The van der Waals surface area contributed by atoms with Crippen LogP contribution in [0.5, 0.6) is 0 Å². The predicted molar refractivity (Wildman–Crippen MR) is 62.8 cm³/mol. The Hall–Kier alpha value is -1.46. The molecule has 0 saturated heterocycles. The van der Waals surface area contributed by atoms with E-state index in [1.165, 1.54) is 12.1 Å². The number of amides is 1. The van der Waals surface area contributed by atoms with Crippen LogP contribution in [0.1, 0.15) is 18.1 Å².